The fourth-order valence-electron chi connectivity index (χ4n) is 1.31. The number of hydrogen-bond donors (Lipinski definition) is 0. The van der Waals surface area contributed by atoms with Gasteiger partial charge in [0.05, 0.1) is 20.8 Å². The lowest BCUT2D eigenvalue weighted by Gasteiger charge is -2.08. The van der Waals surface area contributed by atoms with E-state index >= 15 is 0 Å². The quantitative estimate of drug-likeness (QED) is 0.522. The molecule has 1 nitrogen and oxygen atoms in total. The van der Waals surface area contributed by atoms with Gasteiger partial charge in [0.1, 0.15) is 0 Å². The monoisotopic (exact) mass is 341 g/mol. The van der Waals surface area contributed by atoms with E-state index in [2.05, 4.69) is 4.98 Å². The number of alkyl halides is 3. The average Bonchev–Trinajstić information content (AvgIpc) is 2.22. The van der Waals surface area contributed by atoms with Gasteiger partial charge in [0.25, 0.3) is 0 Å². The van der Waals surface area contributed by atoms with Gasteiger partial charge < -0.3 is 0 Å². The summed E-state index contributed by atoms with van der Waals surface area (Å²) in [6.45, 7) is 0. The normalized spacial score (nSPS) is 12.1. The number of benzene rings is 1. The second-order valence-electron chi connectivity index (χ2n) is 3.15. The molecule has 0 saturated carbocycles. The highest BCUT2D eigenvalue weighted by molar-refractivity contribution is 14.1. The summed E-state index contributed by atoms with van der Waals surface area (Å²) < 4.78 is 50.5. The zero-order valence-electron chi connectivity index (χ0n) is 7.65. The first kappa shape index (κ1) is 11.6. The molecule has 0 saturated heterocycles. The van der Waals surface area contributed by atoms with E-state index in [9.17, 15) is 17.6 Å². The molecule has 16 heavy (non-hydrogen) atoms. The second kappa shape index (κ2) is 3.83. The van der Waals surface area contributed by atoms with Crippen molar-refractivity contribution in [1.82, 2.24) is 4.98 Å². The Morgan fingerprint density at radius 3 is 2.50 bits per heavy atom. The first-order valence-electron chi connectivity index (χ1n) is 4.20. The predicted molar refractivity (Wildman–Crippen MR) is 59.4 cm³/mol. The highest BCUT2D eigenvalue weighted by atomic mass is 127. The molecule has 2 rings (SSSR count). The van der Waals surface area contributed by atoms with Crippen LogP contribution in [0.15, 0.2) is 24.4 Å². The third kappa shape index (κ3) is 1.98. The topological polar surface area (TPSA) is 12.9 Å². The Morgan fingerprint density at radius 2 is 1.88 bits per heavy atom. The maximum Gasteiger partial charge on any atom is 0.416 e. The molecule has 0 atom stereocenters. The first-order valence-corrected chi connectivity index (χ1v) is 5.28. The van der Waals surface area contributed by atoms with E-state index in [-0.39, 0.29) is 9.09 Å². The van der Waals surface area contributed by atoms with Crippen LogP contribution in [0.2, 0.25) is 0 Å². The van der Waals surface area contributed by atoms with Crippen molar-refractivity contribution < 1.29 is 17.6 Å². The van der Waals surface area contributed by atoms with Crippen molar-refractivity contribution in [3.05, 3.63) is 39.3 Å². The lowest BCUT2D eigenvalue weighted by Crippen LogP contribution is -2.04. The Morgan fingerprint density at radius 1 is 1.19 bits per heavy atom. The van der Waals surface area contributed by atoms with Crippen molar-refractivity contribution in [3.8, 4) is 0 Å². The van der Waals surface area contributed by atoms with Crippen molar-refractivity contribution in [2.75, 3.05) is 0 Å². The zero-order chi connectivity index (χ0) is 11.9. The van der Waals surface area contributed by atoms with Crippen LogP contribution in [0.3, 0.4) is 0 Å². The molecule has 0 N–H and O–H groups in total. The predicted octanol–water partition coefficient (Wildman–Crippen LogP) is 4.00. The van der Waals surface area contributed by atoms with Gasteiger partial charge in [-0.2, -0.15) is 13.2 Å². The van der Waals surface area contributed by atoms with Gasteiger partial charge >= 0.3 is 6.18 Å². The van der Waals surface area contributed by atoms with Crippen LogP contribution >= 0.6 is 22.6 Å². The number of pyridine rings is 1. The van der Waals surface area contributed by atoms with E-state index in [4.69, 9.17) is 0 Å². The maximum atomic E-state index is 13.1. The summed E-state index contributed by atoms with van der Waals surface area (Å²) in [7, 11) is 0. The molecule has 0 amide bonds. The molecule has 0 aliphatic rings. The molecule has 0 aliphatic heterocycles. The smallest absolute Gasteiger partial charge is 0.253 e. The van der Waals surface area contributed by atoms with Crippen LogP contribution in [0.25, 0.3) is 10.9 Å². The number of aromatic nitrogens is 1. The van der Waals surface area contributed by atoms with E-state index in [1.54, 1.807) is 22.6 Å². The zero-order valence-corrected chi connectivity index (χ0v) is 9.80. The van der Waals surface area contributed by atoms with Crippen molar-refractivity contribution >= 4 is 33.5 Å². The molecule has 1 heterocycles. The Labute approximate surface area is 102 Å². The van der Waals surface area contributed by atoms with Gasteiger partial charge in [-0.15, -0.1) is 0 Å². The number of halogens is 5. The molecule has 1 aromatic carbocycles. The van der Waals surface area contributed by atoms with E-state index < -0.39 is 17.6 Å². The minimum Gasteiger partial charge on any atom is -0.253 e. The van der Waals surface area contributed by atoms with Gasteiger partial charge in [0.15, 0.2) is 5.82 Å². The number of hydrogen-bond acceptors (Lipinski definition) is 1. The van der Waals surface area contributed by atoms with Crippen molar-refractivity contribution in [2.45, 2.75) is 6.18 Å². The maximum absolute atomic E-state index is 13.1. The van der Waals surface area contributed by atoms with Crippen LogP contribution < -0.4 is 0 Å². The van der Waals surface area contributed by atoms with Crippen LogP contribution in [-0.4, -0.2) is 4.98 Å². The van der Waals surface area contributed by atoms with Crippen molar-refractivity contribution in [3.63, 3.8) is 0 Å². The third-order valence-electron chi connectivity index (χ3n) is 2.09. The fourth-order valence-corrected chi connectivity index (χ4v) is 1.91. The van der Waals surface area contributed by atoms with Crippen LogP contribution in [0.5, 0.6) is 0 Å². The average molecular weight is 341 g/mol. The molecule has 0 unspecified atom stereocenters. The number of rotatable bonds is 0. The molecule has 0 fully saturated rings. The Bertz CT molecular complexity index is 550. The minimum absolute atomic E-state index is 0.139. The highest BCUT2D eigenvalue weighted by Crippen LogP contribution is 2.32. The van der Waals surface area contributed by atoms with E-state index in [1.807, 2.05) is 0 Å². The Balaban J connectivity index is 2.70. The Hall–Kier alpha value is -0.920. The van der Waals surface area contributed by atoms with Gasteiger partial charge in [-0.25, -0.2) is 4.39 Å². The molecule has 2 aromatic rings. The molecule has 0 radical (unpaired) electrons. The molecule has 0 aliphatic carbocycles. The molecule has 1 aromatic heterocycles. The molecule has 6 heteroatoms. The van der Waals surface area contributed by atoms with Crippen LogP contribution in [0.4, 0.5) is 17.6 Å². The highest BCUT2D eigenvalue weighted by Gasteiger charge is 2.30. The summed E-state index contributed by atoms with van der Waals surface area (Å²) in [5.74, 6) is -0.534. The summed E-state index contributed by atoms with van der Waals surface area (Å²) in [5.41, 5.74) is -0.643. The van der Waals surface area contributed by atoms with E-state index in [0.29, 0.717) is 5.39 Å². The first-order chi connectivity index (χ1) is 7.39. The molecule has 0 spiro atoms. The van der Waals surface area contributed by atoms with E-state index in [1.165, 1.54) is 6.07 Å². The van der Waals surface area contributed by atoms with Crippen LogP contribution in [0, 0.1) is 9.39 Å². The van der Waals surface area contributed by atoms with Crippen LogP contribution in [0.1, 0.15) is 5.56 Å². The minimum atomic E-state index is -4.41. The SMILES string of the molecule is Fc1cnc2cc(C(F)(F)F)ccc2c1I. The lowest BCUT2D eigenvalue weighted by molar-refractivity contribution is -0.137. The molecule has 84 valence electrons. The summed E-state index contributed by atoms with van der Waals surface area (Å²) in [6, 6.07) is 3.07. The molecular formula is C10H4F4IN. The standard InChI is InChI=1S/C10H4F4IN/c11-7-4-16-8-3-5(10(12,13)14)1-2-6(8)9(7)15/h1-4H. The van der Waals surface area contributed by atoms with Gasteiger partial charge in [-0.05, 0) is 34.7 Å². The van der Waals surface area contributed by atoms with E-state index in [0.717, 1.165) is 18.3 Å². The van der Waals surface area contributed by atoms with Gasteiger partial charge in [-0.3, -0.25) is 4.98 Å². The summed E-state index contributed by atoms with van der Waals surface area (Å²) >= 11 is 1.74. The van der Waals surface area contributed by atoms with Crippen molar-refractivity contribution in [1.29, 1.82) is 0 Å². The van der Waals surface area contributed by atoms with Gasteiger partial charge in [-0.1, -0.05) is 6.07 Å². The summed E-state index contributed by atoms with van der Waals surface area (Å²) in [4.78, 5) is 3.64. The van der Waals surface area contributed by atoms with Crippen LogP contribution in [-0.2, 0) is 6.18 Å². The number of fused-ring (bicyclic) bond motifs is 1. The largest absolute Gasteiger partial charge is 0.416 e. The van der Waals surface area contributed by atoms with Crippen molar-refractivity contribution in [2.24, 2.45) is 0 Å². The third-order valence-corrected chi connectivity index (χ3v) is 3.18. The summed E-state index contributed by atoms with van der Waals surface area (Å²) in [6.07, 6.45) is -3.49. The lowest BCUT2D eigenvalue weighted by atomic mass is 10.1. The second-order valence-corrected chi connectivity index (χ2v) is 4.23. The molecular weight excluding hydrogens is 337 g/mol. The Kier molecular flexibility index (Phi) is 2.77. The molecule has 0 bridgehead atoms. The fraction of sp³-hybridized carbons (Fsp3) is 0.100. The van der Waals surface area contributed by atoms with Gasteiger partial charge in [0.2, 0.25) is 0 Å². The number of nitrogens with zero attached hydrogens (tertiary/aromatic N) is 1. The summed E-state index contributed by atoms with van der Waals surface area (Å²) in [5, 5.41) is 0.383. The van der Waals surface area contributed by atoms with Gasteiger partial charge in [0, 0.05) is 5.39 Å².